The van der Waals surface area contributed by atoms with Crippen molar-refractivity contribution in [2.75, 3.05) is 6.61 Å². The van der Waals surface area contributed by atoms with Crippen molar-refractivity contribution in [3.63, 3.8) is 0 Å². The molecule has 1 heterocycles. The van der Waals surface area contributed by atoms with Gasteiger partial charge in [-0.3, -0.25) is 10.0 Å². The van der Waals surface area contributed by atoms with Crippen molar-refractivity contribution in [2.45, 2.75) is 64.0 Å². The van der Waals surface area contributed by atoms with E-state index in [0.717, 1.165) is 18.9 Å². The van der Waals surface area contributed by atoms with Crippen LogP contribution in [0.15, 0.2) is 53.6 Å². The standard InChI is InChI=1S/C24H30F2N4O4/c1-4-34-20-13-17(27)15(14-28-16-8-10-23(2,32)11-9-16)12-18(20)29-22(31)19-6-5-7-21(30(19)33)24(3,25)26/h5-7,12-14,16,27,31-33H,4,8-11H2,1-3H3/p+1/t16-,23-. The summed E-state index contributed by atoms with van der Waals surface area (Å²) in [6.07, 6.45) is 7.61. The Labute approximate surface area is 197 Å². The fraction of sp³-hybridized carbons (Fsp3) is 0.458. The first-order valence-corrected chi connectivity index (χ1v) is 11.2. The van der Waals surface area contributed by atoms with Gasteiger partial charge in [0.2, 0.25) is 0 Å². The van der Waals surface area contributed by atoms with Crippen LogP contribution in [0, 0.1) is 5.41 Å². The minimum atomic E-state index is -3.35. The Bertz CT molecular complexity index is 1050. The van der Waals surface area contributed by atoms with Crippen LogP contribution in [0.25, 0.3) is 0 Å². The molecule has 8 nitrogen and oxygen atoms in total. The zero-order valence-corrected chi connectivity index (χ0v) is 19.5. The summed E-state index contributed by atoms with van der Waals surface area (Å²) in [5.74, 6) is -3.93. The summed E-state index contributed by atoms with van der Waals surface area (Å²) in [4.78, 5) is 12.8. The van der Waals surface area contributed by atoms with Gasteiger partial charge in [-0.15, -0.1) is 0 Å². The van der Waals surface area contributed by atoms with Crippen LogP contribution in [-0.4, -0.2) is 40.2 Å². The molecule has 0 saturated heterocycles. The van der Waals surface area contributed by atoms with Crippen LogP contribution >= 0.6 is 0 Å². The fourth-order valence-electron chi connectivity index (χ4n) is 3.89. The second kappa shape index (κ2) is 9.92. The average Bonchev–Trinajstić information content (AvgIpc) is 2.75. The number of aliphatic hydroxyl groups is 1. The number of halogens is 2. The summed E-state index contributed by atoms with van der Waals surface area (Å²) < 4.78 is 33.2. The van der Waals surface area contributed by atoms with E-state index in [1.807, 2.05) is 6.92 Å². The number of alkyl halides is 2. The van der Waals surface area contributed by atoms with Gasteiger partial charge >= 0.3 is 23.2 Å². The van der Waals surface area contributed by atoms with Gasteiger partial charge in [0.15, 0.2) is 0 Å². The third kappa shape index (κ3) is 5.99. The third-order valence-corrected chi connectivity index (χ3v) is 5.88. The minimum absolute atomic E-state index is 0.149. The monoisotopic (exact) mass is 477 g/mol. The van der Waals surface area contributed by atoms with E-state index in [4.69, 9.17) is 10.1 Å². The molecule has 0 spiro atoms. The number of nitrogens with one attached hydrogen (secondary N) is 3. The molecule has 184 valence electrons. The molecule has 0 aromatic carbocycles. The molecule has 1 aromatic heterocycles. The molecule has 1 saturated carbocycles. The van der Waals surface area contributed by atoms with Gasteiger partial charge in [0.05, 0.1) is 23.6 Å². The Morgan fingerprint density at radius 2 is 2.03 bits per heavy atom. The molecule has 0 bridgehead atoms. The van der Waals surface area contributed by atoms with Gasteiger partial charge in [0.25, 0.3) is 0 Å². The maximum Gasteiger partial charge on any atom is 0.332 e. The summed E-state index contributed by atoms with van der Waals surface area (Å²) in [5, 5.41) is 34.5. The van der Waals surface area contributed by atoms with E-state index in [1.54, 1.807) is 19.2 Å². The van der Waals surface area contributed by atoms with Crippen molar-refractivity contribution >= 4 is 11.6 Å². The number of hydrogen-bond acceptors (Lipinski definition) is 6. The van der Waals surface area contributed by atoms with Crippen LogP contribution in [-0.2, 0) is 10.7 Å². The topological polar surface area (TPSA) is 119 Å². The molecule has 0 radical (unpaired) electrons. The Hall–Kier alpha value is -3.27. The summed E-state index contributed by atoms with van der Waals surface area (Å²) >= 11 is 0. The van der Waals surface area contributed by atoms with E-state index in [1.165, 1.54) is 18.2 Å². The smallest absolute Gasteiger partial charge is 0.332 e. The highest BCUT2D eigenvalue weighted by molar-refractivity contribution is 6.10. The highest BCUT2D eigenvalue weighted by Crippen LogP contribution is 2.28. The molecule has 10 heteroatoms. The molecule has 1 amide bonds. The normalized spacial score (nSPS) is 24.4. The second-order valence-corrected chi connectivity index (χ2v) is 8.90. The van der Waals surface area contributed by atoms with Gasteiger partial charge in [-0.05, 0) is 51.7 Å². The van der Waals surface area contributed by atoms with E-state index in [0.29, 0.717) is 25.3 Å². The highest BCUT2D eigenvalue weighted by atomic mass is 19.3. The molecule has 3 rings (SSSR count). The van der Waals surface area contributed by atoms with Crippen molar-refractivity contribution in [2.24, 2.45) is 0 Å². The molecule has 0 unspecified atom stereocenters. The fourth-order valence-corrected chi connectivity index (χ4v) is 3.89. The Morgan fingerprint density at radius 1 is 1.35 bits per heavy atom. The molecule has 1 aromatic rings. The van der Waals surface area contributed by atoms with Crippen molar-refractivity contribution in [3.8, 4) is 0 Å². The van der Waals surface area contributed by atoms with E-state index in [-0.39, 0.29) is 40.2 Å². The molecular weight excluding hydrogens is 446 g/mol. The van der Waals surface area contributed by atoms with Gasteiger partial charge < -0.3 is 25.9 Å². The largest absolute Gasteiger partial charge is 0.492 e. The lowest BCUT2D eigenvalue weighted by atomic mass is 9.84. The third-order valence-electron chi connectivity index (χ3n) is 5.88. The van der Waals surface area contributed by atoms with Crippen LogP contribution in [0.5, 0.6) is 0 Å². The maximum absolute atomic E-state index is 13.7. The SMILES string of the molecule is CCOC1=CC(=N)/C(=C\N[C@H]2CC[C@](C)(O)CC2)C=C1NC(=O)c1cccc(C(C)(F)F)[n+]1O. The van der Waals surface area contributed by atoms with Crippen LogP contribution in [0.1, 0.15) is 62.6 Å². The van der Waals surface area contributed by atoms with Crippen molar-refractivity contribution in [3.05, 3.63) is 65.0 Å². The molecule has 34 heavy (non-hydrogen) atoms. The van der Waals surface area contributed by atoms with Crippen molar-refractivity contribution < 1.29 is 33.4 Å². The lowest BCUT2D eigenvalue weighted by Crippen LogP contribution is -2.47. The molecule has 5 N–H and O–H groups in total. The number of hydrogen-bond donors (Lipinski definition) is 5. The highest BCUT2D eigenvalue weighted by Gasteiger charge is 2.39. The summed E-state index contributed by atoms with van der Waals surface area (Å²) in [6.45, 7) is 4.48. The molecule has 0 atom stereocenters. The van der Waals surface area contributed by atoms with Crippen LogP contribution in [0.3, 0.4) is 0 Å². The van der Waals surface area contributed by atoms with Crippen LogP contribution in [0.4, 0.5) is 8.78 Å². The van der Waals surface area contributed by atoms with E-state index < -0.39 is 23.1 Å². The molecule has 2 aliphatic rings. The van der Waals surface area contributed by atoms with Gasteiger partial charge in [-0.2, -0.15) is 8.78 Å². The molecular formula is C24H31F2N4O4+. The van der Waals surface area contributed by atoms with Crippen molar-refractivity contribution in [1.29, 1.82) is 5.41 Å². The number of aromatic nitrogens is 1. The summed E-state index contributed by atoms with van der Waals surface area (Å²) in [5.41, 5.74) is -0.872. The molecule has 1 fully saturated rings. The van der Waals surface area contributed by atoms with Crippen LogP contribution < -0.4 is 15.4 Å². The van der Waals surface area contributed by atoms with E-state index >= 15 is 0 Å². The Morgan fingerprint density at radius 3 is 2.65 bits per heavy atom. The number of amides is 1. The average molecular weight is 478 g/mol. The number of allylic oxidation sites excluding steroid dienone is 3. The summed E-state index contributed by atoms with van der Waals surface area (Å²) in [7, 11) is 0. The first kappa shape index (κ1) is 25.4. The Balaban J connectivity index is 1.82. The van der Waals surface area contributed by atoms with E-state index in [2.05, 4.69) is 10.6 Å². The first-order chi connectivity index (χ1) is 15.9. The van der Waals surface area contributed by atoms with Crippen LogP contribution in [0.2, 0.25) is 0 Å². The number of ether oxygens (including phenoxy) is 1. The number of pyridine rings is 1. The predicted molar refractivity (Wildman–Crippen MR) is 120 cm³/mol. The zero-order valence-electron chi connectivity index (χ0n) is 19.5. The predicted octanol–water partition coefficient (Wildman–Crippen LogP) is 3.06. The lowest BCUT2D eigenvalue weighted by Gasteiger charge is -2.33. The van der Waals surface area contributed by atoms with E-state index in [9.17, 15) is 23.9 Å². The zero-order chi connectivity index (χ0) is 25.1. The molecule has 0 aliphatic heterocycles. The molecule has 2 aliphatic carbocycles. The van der Waals surface area contributed by atoms with Gasteiger partial charge in [0.1, 0.15) is 5.76 Å². The van der Waals surface area contributed by atoms with Crippen molar-refractivity contribution in [1.82, 2.24) is 10.6 Å². The number of rotatable bonds is 7. The lowest BCUT2D eigenvalue weighted by molar-refractivity contribution is -0.914. The maximum atomic E-state index is 13.7. The number of carbonyl (C=O) groups is 1. The quantitative estimate of drug-likeness (QED) is 0.306. The Kier molecular flexibility index (Phi) is 7.40. The minimum Gasteiger partial charge on any atom is -0.492 e. The van der Waals surface area contributed by atoms with Gasteiger partial charge in [-0.1, -0.05) is 0 Å². The first-order valence-electron chi connectivity index (χ1n) is 11.2. The van der Waals surface area contributed by atoms with Gasteiger partial charge in [-0.25, -0.2) is 0 Å². The number of carbonyl (C=O) groups excluding carboxylic acids is 1. The summed E-state index contributed by atoms with van der Waals surface area (Å²) in [6, 6.07) is 3.66. The van der Waals surface area contributed by atoms with Gasteiger partial charge in [0, 0.05) is 47.7 Å². The number of nitrogens with zero attached hydrogens (tertiary/aromatic N) is 1. The second-order valence-electron chi connectivity index (χ2n) is 8.90.